The van der Waals surface area contributed by atoms with Gasteiger partial charge in [0.25, 0.3) is 5.69 Å². The molecule has 0 amide bonds. The van der Waals surface area contributed by atoms with E-state index in [1.807, 2.05) is 0 Å². The van der Waals surface area contributed by atoms with E-state index < -0.39 is 43.5 Å². The summed E-state index contributed by atoms with van der Waals surface area (Å²) in [6.07, 6.45) is 0. The fraction of sp³-hybridized carbons (Fsp3) is 0.222. The van der Waals surface area contributed by atoms with Crippen molar-refractivity contribution < 1.29 is 24.1 Å². The molecule has 0 N–H and O–H groups in total. The van der Waals surface area contributed by atoms with Gasteiger partial charge < -0.3 is 9.47 Å². The predicted molar refractivity (Wildman–Crippen MR) is 62.7 cm³/mol. The minimum atomic E-state index is -1.01. The largest absolute Gasteiger partial charge is 0.489 e. The molecule has 1 aromatic rings. The first-order valence-corrected chi connectivity index (χ1v) is 5.00. The van der Waals surface area contributed by atoms with E-state index >= 15 is 0 Å². The van der Waals surface area contributed by atoms with E-state index in [1.165, 1.54) is 0 Å². The van der Waals surface area contributed by atoms with Gasteiger partial charge in [-0.2, -0.15) is 0 Å². The molecule has 0 atom stereocenters. The van der Waals surface area contributed by atoms with Gasteiger partial charge in [0.05, 0.1) is 24.1 Å². The molecule has 0 heterocycles. The maximum Gasteiger partial charge on any atom is 0.342 e. The van der Waals surface area contributed by atoms with Gasteiger partial charge in [-0.25, -0.2) is 4.79 Å². The van der Waals surface area contributed by atoms with E-state index in [0.29, 0.717) is 0 Å². The Hall–Kier alpha value is -2.42. The summed E-state index contributed by atoms with van der Waals surface area (Å²) in [5.41, 5.74) is -2.10. The predicted octanol–water partition coefficient (Wildman–Crippen LogP) is 1.95. The van der Waals surface area contributed by atoms with E-state index in [2.05, 4.69) is 4.74 Å². The lowest BCUT2D eigenvalue weighted by Gasteiger charge is -2.08. The van der Waals surface area contributed by atoms with Crippen molar-refractivity contribution in [1.29, 1.82) is 0 Å². The average Bonchev–Trinajstić information content (AvgIpc) is 2.35. The highest BCUT2D eigenvalue weighted by molar-refractivity contribution is 6.35. The number of esters is 1. The van der Waals surface area contributed by atoms with Crippen LogP contribution >= 0.6 is 11.6 Å². The lowest BCUT2D eigenvalue weighted by atomic mass is 10.1. The normalized spacial score (nSPS) is 9.84. The molecule has 0 spiro atoms. The van der Waals surface area contributed by atoms with E-state index in [0.717, 1.165) is 20.3 Å². The molecule has 0 aliphatic heterocycles. The number of nitrogens with zero attached hydrogens (tertiary/aromatic N) is 2. The Morgan fingerprint density at radius 2 is 1.84 bits per heavy atom. The van der Waals surface area contributed by atoms with Crippen LogP contribution in [0.15, 0.2) is 6.07 Å². The summed E-state index contributed by atoms with van der Waals surface area (Å²) < 4.78 is 9.11. The number of carbonyl (C=O) groups excluding carboxylic acids is 1. The summed E-state index contributed by atoms with van der Waals surface area (Å²) in [5, 5.41) is 20.9. The standard InChI is InChI=1S/C9H7ClN2O7/c1-18-8-4(9(13)19-2)3-5(11(14)15)6(10)7(8)12(16)17/h3H,1-2H3. The van der Waals surface area contributed by atoms with Gasteiger partial charge in [0.2, 0.25) is 5.75 Å². The molecular weight excluding hydrogens is 284 g/mol. The van der Waals surface area contributed by atoms with E-state index in [1.54, 1.807) is 0 Å². The molecule has 0 radical (unpaired) electrons. The summed E-state index contributed by atoms with van der Waals surface area (Å²) in [6, 6.07) is 0.764. The SMILES string of the molecule is COC(=O)c1cc([N+](=O)[O-])c(Cl)c([N+](=O)[O-])c1OC. The summed E-state index contributed by atoms with van der Waals surface area (Å²) in [6.45, 7) is 0. The summed E-state index contributed by atoms with van der Waals surface area (Å²) in [5.74, 6) is -1.51. The minimum absolute atomic E-state index is 0.451. The van der Waals surface area contributed by atoms with Crippen LogP contribution in [0.1, 0.15) is 10.4 Å². The zero-order valence-corrected chi connectivity index (χ0v) is 10.5. The van der Waals surface area contributed by atoms with Gasteiger partial charge >= 0.3 is 11.7 Å². The Balaban J connectivity index is 3.78. The number of ether oxygens (including phenoxy) is 2. The second-order valence-electron chi connectivity index (χ2n) is 3.14. The number of rotatable bonds is 4. The zero-order chi connectivity index (χ0) is 14.7. The number of carbonyl (C=O) groups is 1. The number of benzene rings is 1. The molecule has 1 rings (SSSR count). The van der Waals surface area contributed by atoms with Gasteiger partial charge in [-0.3, -0.25) is 20.2 Å². The monoisotopic (exact) mass is 290 g/mol. The second-order valence-corrected chi connectivity index (χ2v) is 3.52. The van der Waals surface area contributed by atoms with Crippen molar-refractivity contribution in [3.05, 3.63) is 36.9 Å². The van der Waals surface area contributed by atoms with E-state index in [9.17, 15) is 25.0 Å². The molecule has 0 fully saturated rings. The van der Waals surface area contributed by atoms with Gasteiger partial charge in [-0.1, -0.05) is 11.6 Å². The number of nitro groups is 2. The van der Waals surface area contributed by atoms with Crippen molar-refractivity contribution in [1.82, 2.24) is 0 Å². The fourth-order valence-electron chi connectivity index (χ4n) is 1.38. The summed E-state index contributed by atoms with van der Waals surface area (Å²) in [4.78, 5) is 31.2. The highest BCUT2D eigenvalue weighted by Crippen LogP contribution is 2.43. The number of nitro benzene ring substituents is 2. The third-order valence-corrected chi connectivity index (χ3v) is 2.53. The minimum Gasteiger partial charge on any atom is -0.489 e. The Morgan fingerprint density at radius 1 is 1.26 bits per heavy atom. The molecule has 19 heavy (non-hydrogen) atoms. The van der Waals surface area contributed by atoms with Crippen LogP contribution in [0, 0.1) is 20.2 Å². The molecule has 0 aliphatic rings. The molecule has 10 heteroatoms. The van der Waals surface area contributed by atoms with Crippen LogP contribution in [0.5, 0.6) is 5.75 Å². The number of hydrogen-bond donors (Lipinski definition) is 0. The molecule has 0 saturated heterocycles. The van der Waals surface area contributed by atoms with Crippen molar-refractivity contribution in [2.45, 2.75) is 0 Å². The Bertz CT molecular complexity index is 572. The maximum absolute atomic E-state index is 11.5. The molecule has 0 aromatic heterocycles. The highest BCUT2D eigenvalue weighted by atomic mass is 35.5. The molecule has 102 valence electrons. The van der Waals surface area contributed by atoms with Crippen molar-refractivity contribution in [2.24, 2.45) is 0 Å². The van der Waals surface area contributed by atoms with Gasteiger partial charge in [0, 0.05) is 6.07 Å². The number of halogens is 1. The number of hydrogen-bond acceptors (Lipinski definition) is 7. The zero-order valence-electron chi connectivity index (χ0n) is 9.71. The Labute approximate surface area is 111 Å². The Morgan fingerprint density at radius 3 is 2.21 bits per heavy atom. The third kappa shape index (κ3) is 2.55. The number of methoxy groups -OCH3 is 2. The van der Waals surface area contributed by atoms with Crippen molar-refractivity contribution in [3.8, 4) is 5.75 Å². The first-order chi connectivity index (χ1) is 8.84. The topological polar surface area (TPSA) is 122 Å². The molecule has 9 nitrogen and oxygen atoms in total. The smallest absolute Gasteiger partial charge is 0.342 e. The van der Waals surface area contributed by atoms with Crippen LogP contribution in [0.4, 0.5) is 11.4 Å². The van der Waals surface area contributed by atoms with Gasteiger partial charge in [-0.15, -0.1) is 0 Å². The van der Waals surface area contributed by atoms with Crippen LogP contribution in [0.3, 0.4) is 0 Å². The van der Waals surface area contributed by atoms with Crippen LogP contribution in [0.25, 0.3) is 0 Å². The van der Waals surface area contributed by atoms with Crippen LogP contribution < -0.4 is 4.74 Å². The van der Waals surface area contributed by atoms with Crippen LogP contribution in [-0.4, -0.2) is 30.0 Å². The molecule has 0 aliphatic carbocycles. The van der Waals surface area contributed by atoms with Crippen molar-refractivity contribution in [3.63, 3.8) is 0 Å². The average molecular weight is 291 g/mol. The molecule has 0 unspecified atom stereocenters. The van der Waals surface area contributed by atoms with Crippen LogP contribution in [-0.2, 0) is 4.74 Å². The lowest BCUT2D eigenvalue weighted by molar-refractivity contribution is -0.394. The molecule has 0 bridgehead atoms. The maximum atomic E-state index is 11.5. The molecule has 0 saturated carbocycles. The first kappa shape index (κ1) is 14.6. The fourth-order valence-corrected chi connectivity index (χ4v) is 1.66. The van der Waals surface area contributed by atoms with Gasteiger partial charge in [-0.05, 0) is 0 Å². The van der Waals surface area contributed by atoms with E-state index in [4.69, 9.17) is 16.3 Å². The van der Waals surface area contributed by atoms with Gasteiger partial charge in [0.1, 0.15) is 5.56 Å². The highest BCUT2D eigenvalue weighted by Gasteiger charge is 2.34. The van der Waals surface area contributed by atoms with Crippen molar-refractivity contribution in [2.75, 3.05) is 14.2 Å². The van der Waals surface area contributed by atoms with E-state index in [-0.39, 0.29) is 0 Å². The quantitative estimate of drug-likeness (QED) is 0.471. The molecule has 1 aromatic carbocycles. The van der Waals surface area contributed by atoms with Crippen LogP contribution in [0.2, 0.25) is 5.02 Å². The van der Waals surface area contributed by atoms with Gasteiger partial charge in [0.15, 0.2) is 5.02 Å². The summed E-state index contributed by atoms with van der Waals surface area (Å²) in [7, 11) is 2.09. The lowest BCUT2D eigenvalue weighted by Crippen LogP contribution is -2.08. The first-order valence-electron chi connectivity index (χ1n) is 4.62. The molecular formula is C9H7ClN2O7. The third-order valence-electron chi connectivity index (χ3n) is 2.16. The Kier molecular flexibility index (Phi) is 4.22. The summed E-state index contributed by atoms with van der Waals surface area (Å²) >= 11 is 5.59. The second kappa shape index (κ2) is 5.48. The van der Waals surface area contributed by atoms with Crippen molar-refractivity contribution >= 4 is 28.9 Å².